The van der Waals surface area contributed by atoms with Gasteiger partial charge in [0, 0.05) is 62.2 Å². The highest BCUT2D eigenvalue weighted by molar-refractivity contribution is 5.77. The molecule has 4 heterocycles. The number of hydrogen-bond donors (Lipinski definition) is 0. The van der Waals surface area contributed by atoms with Crippen LogP contribution in [-0.4, -0.2) is 45.4 Å². The van der Waals surface area contributed by atoms with Crippen molar-refractivity contribution in [1.82, 2.24) is 19.9 Å². The Kier molecular flexibility index (Phi) is 5.29. The van der Waals surface area contributed by atoms with E-state index in [9.17, 15) is 4.79 Å². The second-order valence-electron chi connectivity index (χ2n) is 8.25. The number of aryl methyl sites for hydroxylation is 2. The Morgan fingerprint density at radius 1 is 1.18 bits per heavy atom. The van der Waals surface area contributed by atoms with Crippen molar-refractivity contribution in [3.63, 3.8) is 0 Å². The minimum atomic E-state index is 0.156. The van der Waals surface area contributed by atoms with Gasteiger partial charge in [-0.3, -0.25) is 9.78 Å². The number of hydrogen-bond acceptors (Lipinski definition) is 5. The molecule has 1 spiro atoms. The van der Waals surface area contributed by atoms with E-state index < -0.39 is 0 Å². The molecule has 2 fully saturated rings. The number of carbonyl (C=O) groups is 1. The van der Waals surface area contributed by atoms with Gasteiger partial charge in [-0.2, -0.15) is 0 Å². The van der Waals surface area contributed by atoms with E-state index in [1.807, 2.05) is 30.2 Å². The number of carbonyl (C=O) groups excluding carboxylic acids is 1. The Morgan fingerprint density at radius 3 is 2.79 bits per heavy atom. The van der Waals surface area contributed by atoms with Crippen LogP contribution in [0.25, 0.3) is 0 Å². The summed E-state index contributed by atoms with van der Waals surface area (Å²) in [6.45, 7) is 7.62. The van der Waals surface area contributed by atoms with Crippen molar-refractivity contribution in [2.45, 2.75) is 52.5 Å². The molecule has 0 bridgehead atoms. The SMILES string of the molecule is CCc1cnc(C)nc1N1CCCC2(CCC(=O)N(Cc3ccncc3)C2)C1. The Morgan fingerprint density at radius 2 is 2.00 bits per heavy atom. The minimum absolute atomic E-state index is 0.156. The summed E-state index contributed by atoms with van der Waals surface area (Å²) in [5, 5.41) is 0. The van der Waals surface area contributed by atoms with Crippen LogP contribution in [0.15, 0.2) is 30.7 Å². The van der Waals surface area contributed by atoms with Crippen molar-refractivity contribution >= 4 is 11.7 Å². The molecule has 28 heavy (non-hydrogen) atoms. The predicted octanol–water partition coefficient (Wildman–Crippen LogP) is 3.15. The van der Waals surface area contributed by atoms with Crippen LogP contribution in [0.5, 0.6) is 0 Å². The van der Waals surface area contributed by atoms with Gasteiger partial charge in [0.1, 0.15) is 11.6 Å². The van der Waals surface area contributed by atoms with Crippen molar-refractivity contribution in [2.24, 2.45) is 5.41 Å². The van der Waals surface area contributed by atoms with Gasteiger partial charge in [0.15, 0.2) is 0 Å². The Labute approximate surface area is 167 Å². The number of anilines is 1. The van der Waals surface area contributed by atoms with Crippen LogP contribution in [0.2, 0.25) is 0 Å². The van der Waals surface area contributed by atoms with Crippen molar-refractivity contribution < 1.29 is 4.79 Å². The van der Waals surface area contributed by atoms with Gasteiger partial charge >= 0.3 is 0 Å². The zero-order valence-corrected chi connectivity index (χ0v) is 16.9. The molecule has 1 amide bonds. The van der Waals surface area contributed by atoms with Crippen LogP contribution in [0.3, 0.4) is 0 Å². The smallest absolute Gasteiger partial charge is 0.222 e. The first-order chi connectivity index (χ1) is 13.6. The van der Waals surface area contributed by atoms with Gasteiger partial charge in [-0.15, -0.1) is 0 Å². The number of likely N-dealkylation sites (tertiary alicyclic amines) is 1. The zero-order valence-electron chi connectivity index (χ0n) is 16.9. The summed E-state index contributed by atoms with van der Waals surface area (Å²) >= 11 is 0. The number of rotatable bonds is 4. The van der Waals surface area contributed by atoms with Gasteiger partial charge in [-0.1, -0.05) is 6.92 Å². The monoisotopic (exact) mass is 379 g/mol. The predicted molar refractivity (Wildman–Crippen MR) is 109 cm³/mol. The highest BCUT2D eigenvalue weighted by Crippen LogP contribution is 2.40. The molecule has 6 nitrogen and oxygen atoms in total. The van der Waals surface area contributed by atoms with E-state index in [0.717, 1.165) is 56.1 Å². The van der Waals surface area contributed by atoms with Gasteiger partial charge in [-0.05, 0) is 50.3 Å². The van der Waals surface area contributed by atoms with Crippen molar-refractivity contribution in [3.8, 4) is 0 Å². The molecular formula is C22H29N5O. The van der Waals surface area contributed by atoms with Crippen molar-refractivity contribution in [2.75, 3.05) is 24.5 Å². The van der Waals surface area contributed by atoms with Crippen molar-refractivity contribution in [1.29, 1.82) is 0 Å². The van der Waals surface area contributed by atoms with Crippen LogP contribution in [-0.2, 0) is 17.8 Å². The lowest BCUT2D eigenvalue weighted by Gasteiger charge is -2.48. The Balaban J connectivity index is 1.54. The van der Waals surface area contributed by atoms with Crippen LogP contribution in [0, 0.1) is 12.3 Å². The maximum atomic E-state index is 12.6. The molecular weight excluding hydrogens is 350 g/mol. The largest absolute Gasteiger partial charge is 0.356 e. The molecule has 0 aliphatic carbocycles. The molecule has 1 atom stereocenters. The number of amides is 1. The number of piperidine rings is 2. The van der Waals surface area contributed by atoms with E-state index in [-0.39, 0.29) is 11.3 Å². The average Bonchev–Trinajstić information content (AvgIpc) is 2.72. The first-order valence-corrected chi connectivity index (χ1v) is 10.3. The zero-order chi connectivity index (χ0) is 19.6. The topological polar surface area (TPSA) is 62.2 Å². The van der Waals surface area contributed by atoms with Gasteiger partial charge in [0.05, 0.1) is 0 Å². The Hall–Kier alpha value is -2.50. The molecule has 0 N–H and O–H groups in total. The van der Waals surface area contributed by atoms with Crippen LogP contribution in [0.1, 0.15) is 49.6 Å². The van der Waals surface area contributed by atoms with E-state index in [1.54, 1.807) is 12.4 Å². The van der Waals surface area contributed by atoms with Gasteiger partial charge in [-0.25, -0.2) is 9.97 Å². The van der Waals surface area contributed by atoms with Crippen LogP contribution in [0.4, 0.5) is 5.82 Å². The molecule has 2 aliphatic rings. The number of aromatic nitrogens is 3. The maximum Gasteiger partial charge on any atom is 0.222 e. The quantitative estimate of drug-likeness (QED) is 0.817. The number of pyridine rings is 1. The van der Waals surface area contributed by atoms with Crippen molar-refractivity contribution in [3.05, 3.63) is 47.7 Å². The summed E-state index contributed by atoms with van der Waals surface area (Å²) in [4.78, 5) is 30.3. The molecule has 2 saturated heterocycles. The molecule has 2 aliphatic heterocycles. The van der Waals surface area contributed by atoms with E-state index in [2.05, 4.69) is 21.8 Å². The first-order valence-electron chi connectivity index (χ1n) is 10.3. The third-order valence-corrected chi connectivity index (χ3v) is 6.17. The van der Waals surface area contributed by atoms with E-state index in [0.29, 0.717) is 13.0 Å². The summed E-state index contributed by atoms with van der Waals surface area (Å²) < 4.78 is 0. The fourth-order valence-corrected chi connectivity index (χ4v) is 4.68. The lowest BCUT2D eigenvalue weighted by atomic mass is 9.73. The normalized spacial score (nSPS) is 22.7. The second kappa shape index (κ2) is 7.86. The molecule has 4 rings (SSSR count). The molecule has 6 heteroatoms. The van der Waals surface area contributed by atoms with E-state index in [1.165, 1.54) is 12.0 Å². The summed E-state index contributed by atoms with van der Waals surface area (Å²) in [5.41, 5.74) is 2.51. The fourth-order valence-electron chi connectivity index (χ4n) is 4.68. The summed E-state index contributed by atoms with van der Waals surface area (Å²) in [7, 11) is 0. The molecule has 0 radical (unpaired) electrons. The first kappa shape index (κ1) is 18.8. The molecule has 2 aromatic heterocycles. The third-order valence-electron chi connectivity index (χ3n) is 6.17. The third kappa shape index (κ3) is 3.86. The molecule has 0 saturated carbocycles. The summed E-state index contributed by atoms with van der Waals surface area (Å²) in [6, 6.07) is 4.00. The van der Waals surface area contributed by atoms with Crippen LogP contribution < -0.4 is 4.90 Å². The summed E-state index contributed by atoms with van der Waals surface area (Å²) in [5.74, 6) is 2.18. The number of nitrogens with zero attached hydrogens (tertiary/aromatic N) is 5. The van der Waals surface area contributed by atoms with Crippen LogP contribution >= 0.6 is 0 Å². The molecule has 0 aromatic carbocycles. The van der Waals surface area contributed by atoms with E-state index in [4.69, 9.17) is 4.98 Å². The second-order valence-corrected chi connectivity index (χ2v) is 8.25. The maximum absolute atomic E-state index is 12.6. The lowest BCUT2D eigenvalue weighted by Crippen LogP contribution is -2.54. The minimum Gasteiger partial charge on any atom is -0.356 e. The fraction of sp³-hybridized carbons (Fsp3) is 0.545. The van der Waals surface area contributed by atoms with Gasteiger partial charge < -0.3 is 9.80 Å². The highest BCUT2D eigenvalue weighted by atomic mass is 16.2. The Bertz CT molecular complexity index is 840. The summed E-state index contributed by atoms with van der Waals surface area (Å²) in [6.07, 6.45) is 10.4. The molecule has 148 valence electrons. The standard InChI is InChI=1S/C22H29N5O/c1-3-19-13-24-17(2)25-21(19)26-12-4-8-22(15-26)9-5-20(28)27(16-22)14-18-6-10-23-11-7-18/h6-7,10-11,13H,3-5,8-9,12,14-16H2,1-2H3. The molecule has 1 unspecified atom stereocenters. The van der Waals surface area contributed by atoms with Gasteiger partial charge in [0.25, 0.3) is 0 Å². The lowest BCUT2D eigenvalue weighted by molar-refractivity contribution is -0.138. The average molecular weight is 380 g/mol. The molecule has 2 aromatic rings. The van der Waals surface area contributed by atoms with Gasteiger partial charge in [0.2, 0.25) is 5.91 Å². The highest BCUT2D eigenvalue weighted by Gasteiger charge is 2.42. The van der Waals surface area contributed by atoms with E-state index >= 15 is 0 Å².